The average Bonchev–Trinajstić information content (AvgIpc) is 2.95. The van der Waals surface area contributed by atoms with Crippen molar-refractivity contribution in [2.45, 2.75) is 32.1 Å². The molecule has 0 saturated carbocycles. The molecule has 0 bridgehead atoms. The van der Waals surface area contributed by atoms with Gasteiger partial charge in [0.15, 0.2) is 9.84 Å². The normalized spacial score (nSPS) is 14.9. The molecule has 1 N–H and O–H groups in total. The van der Waals surface area contributed by atoms with Crippen LogP contribution in [-0.4, -0.2) is 36.9 Å². The molecule has 7 nitrogen and oxygen atoms in total. The predicted octanol–water partition coefficient (Wildman–Crippen LogP) is 3.54. The summed E-state index contributed by atoms with van der Waals surface area (Å²) < 4.78 is 39.9. The van der Waals surface area contributed by atoms with Crippen molar-refractivity contribution in [2.24, 2.45) is 12.0 Å². The second kappa shape index (κ2) is 10.2. The largest absolute Gasteiger partial charge is 0.356 e. The van der Waals surface area contributed by atoms with E-state index >= 15 is 0 Å². The lowest BCUT2D eigenvalue weighted by molar-refractivity contribution is -0.121. The van der Waals surface area contributed by atoms with Gasteiger partial charge >= 0.3 is 0 Å². The molecule has 1 atom stereocenters. The van der Waals surface area contributed by atoms with Gasteiger partial charge < -0.3 is 9.88 Å². The molecule has 1 aliphatic rings. The topological polar surface area (TPSA) is 97.6 Å². The van der Waals surface area contributed by atoms with E-state index in [0.29, 0.717) is 45.6 Å². The molecule has 0 radical (unpaired) electrons. The second-order valence-corrected chi connectivity index (χ2v) is 11.2. The SMILES string of the molecule is CCNC(=O)CC1N=C(c2ccc(F)cc2)c2ccc(CS(=O)(=O)CC)cc2-c2cn(C)c(=O)cc21. The number of rotatable bonds is 7. The number of aryl methyl sites for hydroxylation is 1. The first-order chi connectivity index (χ1) is 17.1. The lowest BCUT2D eigenvalue weighted by Gasteiger charge is -2.16. The Kier molecular flexibility index (Phi) is 7.21. The highest BCUT2D eigenvalue weighted by Crippen LogP contribution is 2.39. The molecule has 0 spiro atoms. The monoisotopic (exact) mass is 509 g/mol. The Hall–Kier alpha value is -3.59. The maximum absolute atomic E-state index is 13.7. The molecule has 0 fully saturated rings. The van der Waals surface area contributed by atoms with Crippen molar-refractivity contribution in [3.63, 3.8) is 0 Å². The molecule has 1 unspecified atom stereocenters. The summed E-state index contributed by atoms with van der Waals surface area (Å²) in [6, 6.07) is 12.1. The maximum Gasteiger partial charge on any atom is 0.250 e. The molecule has 188 valence electrons. The Morgan fingerprint density at radius 3 is 2.44 bits per heavy atom. The third kappa shape index (κ3) is 5.31. The lowest BCUT2D eigenvalue weighted by Crippen LogP contribution is -2.25. The van der Waals surface area contributed by atoms with Crippen LogP contribution in [0.4, 0.5) is 4.39 Å². The molecule has 1 amide bonds. The summed E-state index contributed by atoms with van der Waals surface area (Å²) in [5.74, 6) is -0.703. The summed E-state index contributed by atoms with van der Waals surface area (Å²) in [7, 11) is -1.65. The number of sulfone groups is 1. The number of nitrogens with zero attached hydrogens (tertiary/aromatic N) is 2. The number of amides is 1. The molecule has 0 saturated heterocycles. The van der Waals surface area contributed by atoms with Gasteiger partial charge in [-0.3, -0.25) is 14.6 Å². The minimum atomic E-state index is -3.28. The van der Waals surface area contributed by atoms with Crippen LogP contribution in [-0.2, 0) is 27.4 Å². The number of hydrogen-bond donors (Lipinski definition) is 1. The van der Waals surface area contributed by atoms with Crippen LogP contribution >= 0.6 is 0 Å². The Bertz CT molecular complexity index is 1510. The number of carbonyl (C=O) groups is 1. The zero-order valence-corrected chi connectivity index (χ0v) is 21.2. The van der Waals surface area contributed by atoms with E-state index in [1.165, 1.54) is 22.8 Å². The van der Waals surface area contributed by atoms with Crippen molar-refractivity contribution in [3.8, 4) is 11.1 Å². The molecular weight excluding hydrogens is 481 g/mol. The minimum absolute atomic E-state index is 0.0176. The van der Waals surface area contributed by atoms with Crippen molar-refractivity contribution in [2.75, 3.05) is 12.3 Å². The molecule has 2 aromatic carbocycles. The predicted molar refractivity (Wildman–Crippen MR) is 138 cm³/mol. The number of aromatic nitrogens is 1. The van der Waals surface area contributed by atoms with E-state index in [2.05, 4.69) is 5.32 Å². The lowest BCUT2D eigenvalue weighted by atomic mass is 9.90. The van der Waals surface area contributed by atoms with E-state index in [1.807, 2.05) is 6.92 Å². The van der Waals surface area contributed by atoms with Crippen molar-refractivity contribution in [3.05, 3.63) is 93.2 Å². The number of fused-ring (bicyclic) bond motifs is 3. The second-order valence-electron chi connectivity index (χ2n) is 8.81. The summed E-state index contributed by atoms with van der Waals surface area (Å²) in [5, 5.41) is 2.79. The fourth-order valence-corrected chi connectivity index (χ4v) is 5.24. The highest BCUT2D eigenvalue weighted by molar-refractivity contribution is 7.90. The highest BCUT2D eigenvalue weighted by atomic mass is 32.2. The fourth-order valence-electron chi connectivity index (χ4n) is 4.34. The van der Waals surface area contributed by atoms with Gasteiger partial charge in [0.2, 0.25) is 5.91 Å². The molecule has 4 rings (SSSR count). The minimum Gasteiger partial charge on any atom is -0.356 e. The number of pyridine rings is 1. The molecule has 0 aliphatic carbocycles. The third-order valence-corrected chi connectivity index (χ3v) is 7.88. The van der Waals surface area contributed by atoms with Gasteiger partial charge in [-0.05, 0) is 53.9 Å². The molecule has 1 aliphatic heterocycles. The van der Waals surface area contributed by atoms with Gasteiger partial charge in [0.25, 0.3) is 5.56 Å². The standard InChI is InChI=1S/C27H28FN3O4S/c1-4-29-25(32)14-24-22-13-26(33)31(3)15-23(22)21-12-17(16-36(34,35)5-2)6-11-20(21)27(30-24)18-7-9-19(28)10-8-18/h6-13,15,24H,4-5,14,16H2,1-3H3,(H,29,32). The summed E-state index contributed by atoms with van der Waals surface area (Å²) in [4.78, 5) is 30.2. The van der Waals surface area contributed by atoms with Crippen LogP contribution in [0.25, 0.3) is 11.1 Å². The van der Waals surface area contributed by atoms with Gasteiger partial charge in [-0.1, -0.05) is 19.1 Å². The van der Waals surface area contributed by atoms with Crippen molar-refractivity contribution in [1.82, 2.24) is 9.88 Å². The zero-order valence-electron chi connectivity index (χ0n) is 20.4. The number of nitrogens with one attached hydrogen (secondary N) is 1. The molecule has 3 aromatic rings. The molecule has 2 heterocycles. The van der Waals surface area contributed by atoms with E-state index in [-0.39, 0.29) is 29.4 Å². The first kappa shape index (κ1) is 25.5. The number of hydrogen-bond acceptors (Lipinski definition) is 5. The maximum atomic E-state index is 13.7. The fraction of sp³-hybridized carbons (Fsp3) is 0.296. The van der Waals surface area contributed by atoms with Gasteiger partial charge in [-0.25, -0.2) is 12.8 Å². The van der Waals surface area contributed by atoms with Gasteiger partial charge in [0, 0.05) is 48.3 Å². The highest BCUT2D eigenvalue weighted by Gasteiger charge is 2.28. The van der Waals surface area contributed by atoms with Crippen LogP contribution in [0.5, 0.6) is 0 Å². The average molecular weight is 510 g/mol. The number of benzene rings is 2. The van der Waals surface area contributed by atoms with Gasteiger partial charge in [0.05, 0.1) is 23.9 Å². The van der Waals surface area contributed by atoms with Gasteiger partial charge in [-0.15, -0.1) is 0 Å². The Labute approximate surface area is 209 Å². The first-order valence-electron chi connectivity index (χ1n) is 11.8. The number of aliphatic imine (C=N–C) groups is 1. The molecule has 9 heteroatoms. The van der Waals surface area contributed by atoms with E-state index in [9.17, 15) is 22.4 Å². The van der Waals surface area contributed by atoms with Crippen LogP contribution in [0.2, 0.25) is 0 Å². The van der Waals surface area contributed by atoms with Gasteiger partial charge in [-0.2, -0.15) is 0 Å². The first-order valence-corrected chi connectivity index (χ1v) is 13.6. The molecule has 36 heavy (non-hydrogen) atoms. The number of halogens is 1. The summed E-state index contributed by atoms with van der Waals surface area (Å²) >= 11 is 0. The smallest absolute Gasteiger partial charge is 0.250 e. The van der Waals surface area contributed by atoms with Crippen LogP contribution in [0, 0.1) is 5.82 Å². The Morgan fingerprint density at radius 1 is 1.06 bits per heavy atom. The Balaban J connectivity index is 2.00. The summed E-state index contributed by atoms with van der Waals surface area (Å²) in [5.41, 5.74) is 4.22. The van der Waals surface area contributed by atoms with Crippen LogP contribution < -0.4 is 10.9 Å². The van der Waals surface area contributed by atoms with Crippen molar-refractivity contribution < 1.29 is 17.6 Å². The van der Waals surface area contributed by atoms with E-state index < -0.39 is 21.7 Å². The van der Waals surface area contributed by atoms with Crippen LogP contribution in [0.15, 0.2) is 64.5 Å². The zero-order chi connectivity index (χ0) is 26.0. The van der Waals surface area contributed by atoms with Crippen LogP contribution in [0.3, 0.4) is 0 Å². The van der Waals surface area contributed by atoms with Crippen LogP contribution in [0.1, 0.15) is 48.6 Å². The van der Waals surface area contributed by atoms with Crippen molar-refractivity contribution >= 4 is 21.5 Å². The Morgan fingerprint density at radius 2 is 1.78 bits per heavy atom. The summed E-state index contributed by atoms with van der Waals surface area (Å²) in [6.07, 6.45) is 1.71. The van der Waals surface area contributed by atoms with Gasteiger partial charge in [0.1, 0.15) is 5.82 Å². The quantitative estimate of drug-likeness (QED) is 0.527. The van der Waals surface area contributed by atoms with E-state index in [1.54, 1.807) is 50.5 Å². The number of carbonyl (C=O) groups excluding carboxylic acids is 1. The third-order valence-electron chi connectivity index (χ3n) is 6.23. The van der Waals surface area contributed by atoms with Crippen molar-refractivity contribution in [1.29, 1.82) is 0 Å². The molecular formula is C27H28FN3O4S. The summed E-state index contributed by atoms with van der Waals surface area (Å²) in [6.45, 7) is 3.89. The van der Waals surface area contributed by atoms with E-state index in [0.717, 1.165) is 0 Å². The molecule has 1 aromatic heterocycles. The van der Waals surface area contributed by atoms with E-state index in [4.69, 9.17) is 4.99 Å².